The van der Waals surface area contributed by atoms with Crippen LogP contribution in [0.2, 0.25) is 39.3 Å². The van der Waals surface area contributed by atoms with Gasteiger partial charge in [-0.2, -0.15) is 0 Å². The Labute approximate surface area is 400 Å². The van der Waals surface area contributed by atoms with Crippen molar-refractivity contribution < 1.29 is 62.2 Å². The second-order valence-electron chi connectivity index (χ2n) is 23.8. The fraction of sp³-hybridized carbons (Fsp3) is 0.959. The van der Waals surface area contributed by atoms with Crippen molar-refractivity contribution in [2.24, 2.45) is 28.8 Å². The Bertz CT molecular complexity index is 1600. The normalized spacial score (nSPS) is 44.5. The van der Waals surface area contributed by atoms with Gasteiger partial charge in [-0.25, -0.2) is 0 Å². The van der Waals surface area contributed by atoms with E-state index in [1.54, 1.807) is 34.8 Å². The number of nitrogens with zero attached hydrogens (tertiary/aromatic N) is 2. The third kappa shape index (κ3) is 14.3. The average Bonchev–Trinajstić information content (AvgIpc) is 3.19. The third-order valence-electron chi connectivity index (χ3n) is 14.9. The van der Waals surface area contributed by atoms with Crippen molar-refractivity contribution >= 4 is 28.3 Å². The molecule has 3 N–H and O–H groups in total. The molecule has 0 aromatic rings. The SMILES string of the molecule is COC1(C)CC(OC2[C@H](C)C(OC3O[C@H](C)CC(N(C)C)C3O[Si](C)(C)C)C(C)(O)C[C@@H](C)/C(=N\OC3(C)CCCCC3)C(C)C(O)C(C)(O)[C@@H](C)OC(=O)[C@@H]2C)O[C@@H](C)C1O[Si](C)(C)C. The third-order valence-corrected chi connectivity index (χ3v) is 16.8. The lowest BCUT2D eigenvalue weighted by atomic mass is 9.74. The summed E-state index contributed by atoms with van der Waals surface area (Å²) < 4.78 is 53.6. The molecule has 386 valence electrons. The molecule has 1 saturated carbocycles. The minimum atomic E-state index is -2.21. The number of cyclic esters (lactones) is 1. The van der Waals surface area contributed by atoms with E-state index in [9.17, 15) is 20.1 Å². The van der Waals surface area contributed by atoms with Crippen molar-refractivity contribution in [2.45, 2.75) is 257 Å². The highest BCUT2D eigenvalue weighted by atomic mass is 28.4. The van der Waals surface area contributed by atoms with Gasteiger partial charge in [0.15, 0.2) is 29.2 Å². The van der Waals surface area contributed by atoms with Gasteiger partial charge < -0.3 is 62.3 Å². The largest absolute Gasteiger partial charge is 0.459 e. The fourth-order valence-electron chi connectivity index (χ4n) is 10.8. The van der Waals surface area contributed by atoms with Crippen LogP contribution < -0.4 is 0 Å². The van der Waals surface area contributed by atoms with Gasteiger partial charge in [-0.3, -0.25) is 4.79 Å². The zero-order valence-electron chi connectivity index (χ0n) is 44.6. The summed E-state index contributed by atoms with van der Waals surface area (Å²) in [4.78, 5) is 23.2. The molecule has 0 radical (unpaired) electrons. The van der Waals surface area contributed by atoms with Crippen molar-refractivity contribution in [2.75, 3.05) is 21.2 Å². The first-order valence-corrected chi connectivity index (χ1v) is 31.7. The topological polar surface area (TPSA) is 176 Å². The highest BCUT2D eigenvalue weighted by Gasteiger charge is 2.54. The van der Waals surface area contributed by atoms with Crippen LogP contribution in [0.5, 0.6) is 0 Å². The lowest BCUT2D eigenvalue weighted by molar-refractivity contribution is -0.315. The molecule has 3 aliphatic heterocycles. The minimum Gasteiger partial charge on any atom is -0.459 e. The van der Waals surface area contributed by atoms with Crippen LogP contribution in [0.4, 0.5) is 0 Å². The maximum Gasteiger partial charge on any atom is 0.311 e. The van der Waals surface area contributed by atoms with Gasteiger partial charge >= 0.3 is 5.97 Å². The van der Waals surface area contributed by atoms with Gasteiger partial charge in [0.2, 0.25) is 0 Å². The Balaban J connectivity index is 1.92. The summed E-state index contributed by atoms with van der Waals surface area (Å²) in [7, 11) is 1.46. The second-order valence-corrected chi connectivity index (χ2v) is 32.8. The fourth-order valence-corrected chi connectivity index (χ4v) is 13.1. The van der Waals surface area contributed by atoms with Gasteiger partial charge in [-0.1, -0.05) is 32.3 Å². The van der Waals surface area contributed by atoms with E-state index in [1.165, 1.54) is 6.92 Å². The molecule has 12 unspecified atom stereocenters. The number of methoxy groups -OCH3 is 1. The summed E-state index contributed by atoms with van der Waals surface area (Å²) in [5.41, 5.74) is -4.43. The summed E-state index contributed by atoms with van der Waals surface area (Å²) in [6, 6.07) is -0.0621. The number of hydrogen-bond donors (Lipinski definition) is 3. The summed E-state index contributed by atoms with van der Waals surface area (Å²) in [5.74, 6) is -3.68. The average molecular weight is 975 g/mol. The molecule has 17 heteroatoms. The van der Waals surface area contributed by atoms with Crippen molar-refractivity contribution in [1.29, 1.82) is 0 Å². The first-order valence-electron chi connectivity index (χ1n) is 24.9. The number of aliphatic hydroxyl groups is 3. The van der Waals surface area contributed by atoms with Crippen LogP contribution in [0.1, 0.15) is 128 Å². The zero-order chi connectivity index (χ0) is 50.1. The van der Waals surface area contributed by atoms with Crippen molar-refractivity contribution in [1.82, 2.24) is 4.90 Å². The maximum absolute atomic E-state index is 14.6. The first kappa shape index (κ1) is 57.5. The van der Waals surface area contributed by atoms with Crippen LogP contribution in [0, 0.1) is 23.7 Å². The Hall–Kier alpha value is -1.07. The molecule has 66 heavy (non-hydrogen) atoms. The molecular formula is C49H94N2O13Si2. The van der Waals surface area contributed by atoms with Crippen LogP contribution in [0.25, 0.3) is 0 Å². The molecule has 18 atom stereocenters. The van der Waals surface area contributed by atoms with E-state index >= 15 is 0 Å². The molecule has 15 nitrogen and oxygen atoms in total. The predicted octanol–water partition coefficient (Wildman–Crippen LogP) is 7.64. The quantitative estimate of drug-likeness (QED) is 0.0988. The van der Waals surface area contributed by atoms with Crippen LogP contribution in [-0.2, 0) is 46.9 Å². The summed E-state index contributed by atoms with van der Waals surface area (Å²) >= 11 is 0. The molecule has 3 saturated heterocycles. The van der Waals surface area contributed by atoms with Gasteiger partial charge in [0.25, 0.3) is 0 Å². The molecule has 0 aromatic heterocycles. The number of carbonyl (C=O) groups is 1. The molecule has 0 aromatic carbocycles. The van der Waals surface area contributed by atoms with Gasteiger partial charge in [-0.15, -0.1) is 0 Å². The molecule has 0 amide bonds. The predicted molar refractivity (Wildman–Crippen MR) is 261 cm³/mol. The van der Waals surface area contributed by atoms with E-state index in [-0.39, 0.29) is 31.1 Å². The van der Waals surface area contributed by atoms with Crippen LogP contribution >= 0.6 is 0 Å². The van der Waals surface area contributed by atoms with E-state index in [1.807, 2.05) is 48.7 Å². The van der Waals surface area contributed by atoms with Crippen molar-refractivity contribution in [3.8, 4) is 0 Å². The second kappa shape index (κ2) is 22.1. The van der Waals surface area contributed by atoms with Gasteiger partial charge in [0.1, 0.15) is 23.4 Å². The molecule has 4 rings (SSSR count). The van der Waals surface area contributed by atoms with E-state index in [0.717, 1.165) is 32.1 Å². The first-order chi connectivity index (χ1) is 30.1. The molecule has 0 bridgehead atoms. The zero-order valence-corrected chi connectivity index (χ0v) is 46.6. The number of likely N-dealkylation sites (N-methyl/N-ethyl adjacent to an activating group) is 1. The standard InChI is InChI=1S/C49H94N2O13Si2/c1-29-27-47(9,54)42(61-45-40(62-65(15,16)17)36(51(12)13)26-30(2)57-45)32(4)39(60-37-28-48(10,56-14)43(34(6)58-37)63-66(18,19)20)33(5)44(53)59-35(7)49(11,55)41(52)31(3)38(29)50-64-46(8)24-22-21-23-25-46/h29-37,39-43,45,52,54-55H,21-28H2,1-20H3/b50-38+/t29-,30-,31?,32+,33-,34+,35-,36?,37?,39?,40?,41?,42?,43?,45?,47?,48?,49?/m1/s1. The number of aliphatic hydroxyl groups excluding tert-OH is 1. The van der Waals surface area contributed by atoms with E-state index in [2.05, 4.69) is 51.1 Å². The van der Waals surface area contributed by atoms with Crippen LogP contribution in [-0.4, -0.2) is 160 Å². The number of carbonyl (C=O) groups excluding carboxylic acids is 1. The lowest BCUT2D eigenvalue weighted by Crippen LogP contribution is -2.62. The van der Waals surface area contributed by atoms with Crippen molar-refractivity contribution in [3.63, 3.8) is 0 Å². The number of esters is 1. The number of ether oxygens (including phenoxy) is 6. The molecular weight excluding hydrogens is 881 g/mol. The molecule has 1 aliphatic carbocycles. The summed E-state index contributed by atoms with van der Waals surface area (Å²) in [6.07, 6.45) is -2.07. The van der Waals surface area contributed by atoms with Gasteiger partial charge in [0, 0.05) is 37.3 Å². The maximum atomic E-state index is 14.6. The van der Waals surface area contributed by atoms with Gasteiger partial charge in [-0.05, 0) is 147 Å². The minimum absolute atomic E-state index is 0.0621. The Morgan fingerprint density at radius 1 is 0.773 bits per heavy atom. The van der Waals surface area contributed by atoms with Gasteiger partial charge in [0.05, 0.1) is 59.5 Å². The Morgan fingerprint density at radius 3 is 1.91 bits per heavy atom. The molecule has 4 aliphatic rings. The molecule has 3 heterocycles. The summed E-state index contributed by atoms with van der Waals surface area (Å²) in [6.45, 7) is 33.0. The van der Waals surface area contributed by atoms with Crippen molar-refractivity contribution in [3.05, 3.63) is 0 Å². The smallest absolute Gasteiger partial charge is 0.311 e. The Morgan fingerprint density at radius 2 is 1.36 bits per heavy atom. The van der Waals surface area contributed by atoms with Crippen LogP contribution in [0.3, 0.4) is 0 Å². The number of hydrogen-bond acceptors (Lipinski definition) is 15. The highest BCUT2D eigenvalue weighted by Crippen LogP contribution is 2.43. The van der Waals surface area contributed by atoms with Crippen LogP contribution in [0.15, 0.2) is 5.16 Å². The van der Waals surface area contributed by atoms with E-state index < -0.39 is 118 Å². The Kier molecular flexibility index (Phi) is 19.3. The lowest BCUT2D eigenvalue weighted by Gasteiger charge is -2.51. The highest BCUT2D eigenvalue weighted by molar-refractivity contribution is 6.70. The monoisotopic (exact) mass is 975 g/mol. The van der Waals surface area contributed by atoms with E-state index in [0.29, 0.717) is 12.1 Å². The number of rotatable bonds is 12. The molecule has 0 spiro atoms. The van der Waals surface area contributed by atoms with E-state index in [4.69, 9.17) is 47.3 Å². The number of oxime groups is 1. The summed E-state index contributed by atoms with van der Waals surface area (Å²) in [5, 5.41) is 42.3. The molecule has 4 fully saturated rings.